The average Bonchev–Trinajstić information content (AvgIpc) is 3.11. The Bertz CT molecular complexity index is 580. The lowest BCUT2D eigenvalue weighted by molar-refractivity contribution is 0.590. The van der Waals surface area contributed by atoms with Crippen molar-refractivity contribution >= 4 is 22.9 Å². The molecule has 3 rings (SSSR count). The Labute approximate surface area is 121 Å². The third-order valence-corrected chi connectivity index (χ3v) is 4.32. The van der Waals surface area contributed by atoms with Gasteiger partial charge in [-0.15, -0.1) is 11.3 Å². The molecule has 0 aliphatic rings. The summed E-state index contributed by atoms with van der Waals surface area (Å²) in [5, 5.41) is 2.89. The normalized spacial score (nSPS) is 12.5. The lowest BCUT2D eigenvalue weighted by Gasteiger charge is -2.17. The van der Waals surface area contributed by atoms with Gasteiger partial charge in [-0.2, -0.15) is 0 Å². The summed E-state index contributed by atoms with van der Waals surface area (Å²) in [6.45, 7) is 0. The summed E-state index contributed by atoms with van der Waals surface area (Å²) in [5.74, 6) is 0. The maximum absolute atomic E-state index is 5.93. The molecule has 1 aromatic carbocycles. The van der Waals surface area contributed by atoms with E-state index in [0.29, 0.717) is 6.04 Å². The van der Waals surface area contributed by atoms with Crippen molar-refractivity contribution in [3.05, 3.63) is 76.0 Å². The molecular formula is C15H13ClN2S. The van der Waals surface area contributed by atoms with E-state index in [-0.39, 0.29) is 0 Å². The van der Waals surface area contributed by atoms with E-state index in [0.717, 1.165) is 11.4 Å². The van der Waals surface area contributed by atoms with Crippen LogP contribution in [0.3, 0.4) is 0 Å². The Morgan fingerprint density at radius 1 is 1.21 bits per heavy atom. The second-order valence-corrected chi connectivity index (χ2v) is 5.79. The van der Waals surface area contributed by atoms with Crippen LogP contribution in [-0.4, -0.2) is 9.55 Å². The number of thiophene rings is 1. The summed E-state index contributed by atoms with van der Waals surface area (Å²) < 4.78 is 2.15. The molecule has 2 aromatic heterocycles. The summed E-state index contributed by atoms with van der Waals surface area (Å²) in [4.78, 5) is 5.50. The minimum Gasteiger partial charge on any atom is -0.329 e. The molecule has 0 saturated heterocycles. The molecule has 0 aliphatic heterocycles. The maximum Gasteiger partial charge on any atom is 0.0952 e. The predicted molar refractivity (Wildman–Crippen MR) is 79.8 cm³/mol. The van der Waals surface area contributed by atoms with Crippen molar-refractivity contribution < 1.29 is 0 Å². The third kappa shape index (κ3) is 2.88. The molecule has 0 saturated carbocycles. The Balaban J connectivity index is 1.90. The SMILES string of the molecule is Clc1ccc(CC(c2cccs2)n2ccnc2)cc1. The molecule has 0 aliphatic carbocycles. The highest BCUT2D eigenvalue weighted by molar-refractivity contribution is 7.10. The smallest absolute Gasteiger partial charge is 0.0952 e. The third-order valence-electron chi connectivity index (χ3n) is 3.10. The lowest BCUT2D eigenvalue weighted by Crippen LogP contribution is -2.10. The first-order chi connectivity index (χ1) is 9.33. The van der Waals surface area contributed by atoms with Crippen LogP contribution in [0.4, 0.5) is 0 Å². The van der Waals surface area contributed by atoms with Crippen LogP contribution in [-0.2, 0) is 6.42 Å². The molecule has 0 bridgehead atoms. The van der Waals surface area contributed by atoms with Gasteiger partial charge < -0.3 is 4.57 Å². The van der Waals surface area contributed by atoms with Gasteiger partial charge in [0.2, 0.25) is 0 Å². The molecule has 4 heteroatoms. The maximum atomic E-state index is 5.93. The Morgan fingerprint density at radius 2 is 2.05 bits per heavy atom. The average molecular weight is 289 g/mol. The molecule has 2 heterocycles. The van der Waals surface area contributed by atoms with E-state index >= 15 is 0 Å². The molecule has 1 unspecified atom stereocenters. The fourth-order valence-corrected chi connectivity index (χ4v) is 3.09. The number of rotatable bonds is 4. The van der Waals surface area contributed by atoms with Crippen LogP contribution in [0.15, 0.2) is 60.5 Å². The van der Waals surface area contributed by atoms with Crippen molar-refractivity contribution in [1.82, 2.24) is 9.55 Å². The molecule has 0 spiro atoms. The zero-order chi connectivity index (χ0) is 13.1. The number of hydrogen-bond acceptors (Lipinski definition) is 2. The first kappa shape index (κ1) is 12.5. The van der Waals surface area contributed by atoms with E-state index in [1.54, 1.807) is 11.3 Å². The predicted octanol–water partition coefficient (Wildman–Crippen LogP) is 4.43. The van der Waals surface area contributed by atoms with Crippen LogP contribution >= 0.6 is 22.9 Å². The highest BCUT2D eigenvalue weighted by atomic mass is 35.5. The number of halogens is 1. The van der Waals surface area contributed by atoms with Gasteiger partial charge in [0, 0.05) is 22.3 Å². The highest BCUT2D eigenvalue weighted by Gasteiger charge is 2.14. The van der Waals surface area contributed by atoms with Crippen molar-refractivity contribution in [2.45, 2.75) is 12.5 Å². The number of aromatic nitrogens is 2. The highest BCUT2D eigenvalue weighted by Crippen LogP contribution is 2.27. The number of hydrogen-bond donors (Lipinski definition) is 0. The summed E-state index contributed by atoms with van der Waals surface area (Å²) in [6.07, 6.45) is 6.65. The minimum absolute atomic E-state index is 0.295. The molecule has 0 fully saturated rings. The van der Waals surface area contributed by atoms with Gasteiger partial charge >= 0.3 is 0 Å². The molecule has 0 N–H and O–H groups in total. The van der Waals surface area contributed by atoms with E-state index < -0.39 is 0 Å². The summed E-state index contributed by atoms with van der Waals surface area (Å²) in [5.41, 5.74) is 1.27. The summed E-state index contributed by atoms with van der Waals surface area (Å²) in [6, 6.07) is 12.6. The van der Waals surface area contributed by atoms with Crippen molar-refractivity contribution in [2.75, 3.05) is 0 Å². The number of nitrogens with zero attached hydrogens (tertiary/aromatic N) is 2. The Hall–Kier alpha value is -1.58. The van der Waals surface area contributed by atoms with E-state index in [2.05, 4.69) is 39.2 Å². The monoisotopic (exact) mass is 288 g/mol. The number of imidazole rings is 1. The van der Waals surface area contributed by atoms with Gasteiger partial charge in [-0.05, 0) is 35.6 Å². The molecule has 3 aromatic rings. The van der Waals surface area contributed by atoms with Gasteiger partial charge in [-0.25, -0.2) is 4.98 Å². The van der Waals surface area contributed by atoms with Gasteiger partial charge in [-0.3, -0.25) is 0 Å². The van der Waals surface area contributed by atoms with Gasteiger partial charge in [0.1, 0.15) is 0 Å². The molecule has 96 valence electrons. The van der Waals surface area contributed by atoms with E-state index in [1.165, 1.54) is 10.4 Å². The van der Waals surface area contributed by atoms with Crippen LogP contribution in [0.5, 0.6) is 0 Å². The first-order valence-electron chi connectivity index (χ1n) is 6.08. The second kappa shape index (κ2) is 5.59. The molecular weight excluding hydrogens is 276 g/mol. The van der Waals surface area contributed by atoms with Gasteiger partial charge in [-0.1, -0.05) is 29.8 Å². The van der Waals surface area contributed by atoms with Crippen molar-refractivity contribution in [3.8, 4) is 0 Å². The van der Waals surface area contributed by atoms with E-state index in [1.807, 2.05) is 30.9 Å². The van der Waals surface area contributed by atoms with Gasteiger partial charge in [0.05, 0.1) is 12.4 Å². The molecule has 0 radical (unpaired) electrons. The minimum atomic E-state index is 0.295. The van der Waals surface area contributed by atoms with Crippen LogP contribution in [0, 0.1) is 0 Å². The molecule has 2 nitrogen and oxygen atoms in total. The zero-order valence-electron chi connectivity index (χ0n) is 10.2. The lowest BCUT2D eigenvalue weighted by atomic mass is 10.0. The second-order valence-electron chi connectivity index (χ2n) is 4.37. The van der Waals surface area contributed by atoms with Gasteiger partial charge in [0.15, 0.2) is 0 Å². The van der Waals surface area contributed by atoms with Crippen molar-refractivity contribution in [1.29, 1.82) is 0 Å². The standard InChI is InChI=1S/C15H13ClN2S/c16-13-5-3-12(4-6-13)10-14(15-2-1-9-19-15)18-8-7-17-11-18/h1-9,11,14H,10H2. The topological polar surface area (TPSA) is 17.8 Å². The molecule has 19 heavy (non-hydrogen) atoms. The van der Waals surface area contributed by atoms with Crippen LogP contribution in [0.2, 0.25) is 5.02 Å². The largest absolute Gasteiger partial charge is 0.329 e. The van der Waals surface area contributed by atoms with Crippen LogP contribution in [0.1, 0.15) is 16.5 Å². The van der Waals surface area contributed by atoms with Crippen molar-refractivity contribution in [2.24, 2.45) is 0 Å². The molecule has 0 amide bonds. The quantitative estimate of drug-likeness (QED) is 0.694. The Kier molecular flexibility index (Phi) is 3.67. The van der Waals surface area contributed by atoms with E-state index in [4.69, 9.17) is 11.6 Å². The summed E-state index contributed by atoms with van der Waals surface area (Å²) in [7, 11) is 0. The zero-order valence-corrected chi connectivity index (χ0v) is 11.8. The fraction of sp³-hybridized carbons (Fsp3) is 0.133. The van der Waals surface area contributed by atoms with Crippen LogP contribution in [0.25, 0.3) is 0 Å². The fourth-order valence-electron chi connectivity index (χ4n) is 2.13. The molecule has 1 atom stereocenters. The van der Waals surface area contributed by atoms with E-state index in [9.17, 15) is 0 Å². The first-order valence-corrected chi connectivity index (χ1v) is 7.34. The van der Waals surface area contributed by atoms with Crippen molar-refractivity contribution in [3.63, 3.8) is 0 Å². The Morgan fingerprint density at radius 3 is 2.68 bits per heavy atom. The summed E-state index contributed by atoms with van der Waals surface area (Å²) >= 11 is 7.71. The van der Waals surface area contributed by atoms with Gasteiger partial charge in [0.25, 0.3) is 0 Å². The number of benzene rings is 1. The van der Waals surface area contributed by atoms with Crippen LogP contribution < -0.4 is 0 Å².